The molecule has 0 aliphatic heterocycles. The Balaban J connectivity index is 0.00000578. The second-order valence-corrected chi connectivity index (χ2v) is 9.09. The Morgan fingerprint density at radius 1 is 0.559 bits per heavy atom. The van der Waals surface area contributed by atoms with Crippen LogP contribution in [0.25, 0.3) is 0 Å². The minimum absolute atomic E-state index is 0. The molecule has 0 saturated heterocycles. The number of aromatic hydroxyl groups is 3. The summed E-state index contributed by atoms with van der Waals surface area (Å²) in [5, 5.41) is 28.6. The largest absolute Gasteiger partial charge is 0.508 e. The molecule has 5 nitrogen and oxygen atoms in total. The zero-order chi connectivity index (χ0) is 23.9. The average Bonchev–Trinajstić information content (AvgIpc) is 2.81. The van der Waals surface area contributed by atoms with E-state index in [9.17, 15) is 15.3 Å². The van der Waals surface area contributed by atoms with Crippen LogP contribution >= 0.6 is 17.0 Å². The van der Waals surface area contributed by atoms with Gasteiger partial charge in [0.25, 0.3) is 0 Å². The van der Waals surface area contributed by atoms with Gasteiger partial charge in [-0.1, -0.05) is 44.9 Å². The van der Waals surface area contributed by atoms with E-state index in [0.717, 1.165) is 64.1 Å². The maximum atomic E-state index is 9.69. The van der Waals surface area contributed by atoms with Crippen molar-refractivity contribution in [1.82, 2.24) is 9.80 Å². The molecule has 0 aliphatic carbocycles. The van der Waals surface area contributed by atoms with Gasteiger partial charge < -0.3 is 25.1 Å². The first-order chi connectivity index (χ1) is 16.0. The van der Waals surface area contributed by atoms with Crippen molar-refractivity contribution < 1.29 is 15.3 Å². The summed E-state index contributed by atoms with van der Waals surface area (Å²) in [4.78, 5) is 5.09. The Morgan fingerprint density at radius 2 is 1.06 bits per heavy atom. The van der Waals surface area contributed by atoms with Gasteiger partial charge in [0, 0.05) is 13.1 Å². The summed E-state index contributed by atoms with van der Waals surface area (Å²) < 4.78 is 0. The number of halogens is 1. The van der Waals surface area contributed by atoms with E-state index in [4.69, 9.17) is 0 Å². The van der Waals surface area contributed by atoms with E-state index in [2.05, 4.69) is 23.6 Å². The van der Waals surface area contributed by atoms with Gasteiger partial charge in [0.05, 0.1) is 0 Å². The van der Waals surface area contributed by atoms with Crippen LogP contribution in [0.15, 0.2) is 42.5 Å². The van der Waals surface area contributed by atoms with Gasteiger partial charge in [0.2, 0.25) is 0 Å². The van der Waals surface area contributed by atoms with E-state index < -0.39 is 0 Å². The molecular weight excluding hydrogens is 492 g/mol. The lowest BCUT2D eigenvalue weighted by Crippen LogP contribution is -2.29. The van der Waals surface area contributed by atoms with Gasteiger partial charge in [-0.25, -0.2) is 0 Å². The van der Waals surface area contributed by atoms with Gasteiger partial charge in [-0.15, -0.1) is 17.0 Å². The van der Waals surface area contributed by atoms with E-state index in [1.165, 1.54) is 37.7 Å². The SMILES string of the molecule is Br.CCCN(CCCCCCN(CCC)CCc1ccc(O)c(O)c1)CCc1ccc(O)cc1. The molecule has 0 radical (unpaired) electrons. The fraction of sp³-hybridized carbons (Fsp3) is 0.571. The van der Waals surface area contributed by atoms with Crippen LogP contribution < -0.4 is 0 Å². The third-order valence-electron chi connectivity index (χ3n) is 6.19. The van der Waals surface area contributed by atoms with Crippen LogP contribution in [0, 0.1) is 0 Å². The molecule has 0 aromatic heterocycles. The quantitative estimate of drug-likeness (QED) is 0.167. The van der Waals surface area contributed by atoms with Crippen LogP contribution in [0.3, 0.4) is 0 Å². The number of phenolic OH excluding ortho intramolecular Hbond substituents is 3. The van der Waals surface area contributed by atoms with Gasteiger partial charge in [0.1, 0.15) is 5.75 Å². The zero-order valence-electron chi connectivity index (χ0n) is 21.1. The van der Waals surface area contributed by atoms with E-state index in [-0.39, 0.29) is 28.5 Å². The summed E-state index contributed by atoms with van der Waals surface area (Å²) in [6.07, 6.45) is 9.25. The Labute approximate surface area is 217 Å². The maximum Gasteiger partial charge on any atom is 0.157 e. The number of hydrogen-bond donors (Lipinski definition) is 3. The van der Waals surface area contributed by atoms with Crippen molar-refractivity contribution in [3.05, 3.63) is 53.6 Å². The summed E-state index contributed by atoms with van der Waals surface area (Å²) in [7, 11) is 0. The highest BCUT2D eigenvalue weighted by molar-refractivity contribution is 8.93. The first-order valence-corrected chi connectivity index (χ1v) is 12.7. The fourth-order valence-electron chi connectivity index (χ4n) is 4.29. The Morgan fingerprint density at radius 3 is 1.56 bits per heavy atom. The molecule has 0 heterocycles. The standard InChI is InChI=1S/C28H44N2O3.BrH/c1-3-17-29(21-15-24-9-12-26(31)13-10-24)19-7-5-6-8-20-30(18-4-2)22-16-25-11-14-27(32)28(33)23-25;/h9-14,23,31-33H,3-8,15-22H2,1-2H3;1H. The predicted molar refractivity (Wildman–Crippen MR) is 148 cm³/mol. The van der Waals surface area contributed by atoms with Crippen LogP contribution in [0.4, 0.5) is 0 Å². The van der Waals surface area contributed by atoms with E-state index in [1.54, 1.807) is 24.3 Å². The first-order valence-electron chi connectivity index (χ1n) is 12.7. The summed E-state index contributed by atoms with van der Waals surface area (Å²) >= 11 is 0. The number of phenols is 3. The lowest BCUT2D eigenvalue weighted by atomic mass is 10.1. The Bertz CT molecular complexity index is 786. The fourth-order valence-corrected chi connectivity index (χ4v) is 4.29. The highest BCUT2D eigenvalue weighted by Crippen LogP contribution is 2.25. The third-order valence-corrected chi connectivity index (χ3v) is 6.19. The number of hydrogen-bond acceptors (Lipinski definition) is 5. The second kappa shape index (κ2) is 17.6. The Hall–Kier alpha value is -1.76. The second-order valence-electron chi connectivity index (χ2n) is 9.09. The normalized spacial score (nSPS) is 11.2. The number of unbranched alkanes of at least 4 members (excludes halogenated alkanes) is 3. The molecular formula is C28H45BrN2O3. The molecule has 0 bridgehead atoms. The number of benzene rings is 2. The predicted octanol–water partition coefficient (Wildman–Crippen LogP) is 6.15. The van der Waals surface area contributed by atoms with Crippen LogP contribution in [-0.4, -0.2) is 64.4 Å². The highest BCUT2D eigenvalue weighted by atomic mass is 79.9. The molecule has 192 valence electrons. The minimum atomic E-state index is -0.0537. The lowest BCUT2D eigenvalue weighted by Gasteiger charge is -2.23. The van der Waals surface area contributed by atoms with Crippen LogP contribution in [-0.2, 0) is 12.8 Å². The van der Waals surface area contributed by atoms with Crippen molar-refractivity contribution in [2.24, 2.45) is 0 Å². The first kappa shape index (κ1) is 30.3. The molecule has 0 atom stereocenters. The molecule has 34 heavy (non-hydrogen) atoms. The lowest BCUT2D eigenvalue weighted by molar-refractivity contribution is 0.259. The van der Waals surface area contributed by atoms with Crippen molar-refractivity contribution in [3.8, 4) is 17.2 Å². The van der Waals surface area contributed by atoms with Gasteiger partial charge in [-0.05, 0) is 100 Å². The van der Waals surface area contributed by atoms with Crippen molar-refractivity contribution in [2.45, 2.75) is 65.2 Å². The molecule has 6 heteroatoms. The molecule has 0 aliphatic rings. The van der Waals surface area contributed by atoms with E-state index in [1.807, 2.05) is 18.2 Å². The van der Waals surface area contributed by atoms with Crippen molar-refractivity contribution in [1.29, 1.82) is 0 Å². The van der Waals surface area contributed by atoms with Gasteiger partial charge >= 0.3 is 0 Å². The van der Waals surface area contributed by atoms with Crippen LogP contribution in [0.5, 0.6) is 17.2 Å². The summed E-state index contributed by atoms with van der Waals surface area (Å²) in [5.74, 6) is 0.248. The van der Waals surface area contributed by atoms with E-state index in [0.29, 0.717) is 5.75 Å². The third kappa shape index (κ3) is 12.1. The number of rotatable bonds is 17. The van der Waals surface area contributed by atoms with Crippen molar-refractivity contribution >= 4 is 17.0 Å². The van der Waals surface area contributed by atoms with Gasteiger partial charge in [0.15, 0.2) is 11.5 Å². The molecule has 2 rings (SSSR count). The molecule has 2 aromatic rings. The molecule has 0 spiro atoms. The maximum absolute atomic E-state index is 9.69. The Kier molecular flexibility index (Phi) is 15.7. The zero-order valence-corrected chi connectivity index (χ0v) is 22.8. The summed E-state index contributed by atoms with van der Waals surface area (Å²) in [6, 6.07) is 12.7. The molecule has 2 aromatic carbocycles. The summed E-state index contributed by atoms with van der Waals surface area (Å²) in [5.41, 5.74) is 2.35. The van der Waals surface area contributed by atoms with Crippen LogP contribution in [0.1, 0.15) is 63.5 Å². The van der Waals surface area contributed by atoms with Gasteiger partial charge in [-0.2, -0.15) is 0 Å². The minimum Gasteiger partial charge on any atom is -0.508 e. The van der Waals surface area contributed by atoms with Crippen LogP contribution in [0.2, 0.25) is 0 Å². The topological polar surface area (TPSA) is 67.2 Å². The molecule has 0 fully saturated rings. The molecule has 0 unspecified atom stereocenters. The molecule has 0 amide bonds. The average molecular weight is 538 g/mol. The molecule has 0 saturated carbocycles. The van der Waals surface area contributed by atoms with Crippen molar-refractivity contribution in [3.63, 3.8) is 0 Å². The van der Waals surface area contributed by atoms with Crippen molar-refractivity contribution in [2.75, 3.05) is 39.3 Å². The monoisotopic (exact) mass is 536 g/mol. The van der Waals surface area contributed by atoms with E-state index >= 15 is 0 Å². The highest BCUT2D eigenvalue weighted by Gasteiger charge is 2.08. The smallest absolute Gasteiger partial charge is 0.157 e. The summed E-state index contributed by atoms with van der Waals surface area (Å²) in [6.45, 7) is 11.1. The van der Waals surface area contributed by atoms with Gasteiger partial charge in [-0.3, -0.25) is 0 Å². The molecule has 3 N–H and O–H groups in total. The number of nitrogens with zero attached hydrogens (tertiary/aromatic N) is 2.